The van der Waals surface area contributed by atoms with E-state index in [0.29, 0.717) is 11.4 Å². The maximum absolute atomic E-state index is 6.73. The van der Waals surface area contributed by atoms with Gasteiger partial charge in [0.25, 0.3) is 0 Å². The van der Waals surface area contributed by atoms with Crippen molar-refractivity contribution in [2.24, 2.45) is 0 Å². The standard InChI is InChI=1S/C50H30N2O/c1-2-13-32(14-3-1)50-51-46(49-47(52-50)44-27-24-31-12-4-5-19-38(31)48(44)53-49)37-18-11-17-35(29-37)33-15-10-16-34(28-33)36-25-26-43-41-22-7-6-20-39(41)40-21-8-9-23-42(40)45(43)30-36/h1-30H. The van der Waals surface area contributed by atoms with Gasteiger partial charge in [-0.05, 0) is 84.2 Å². The molecule has 2 aromatic heterocycles. The number of rotatable bonds is 4. The Morgan fingerprint density at radius 2 is 0.811 bits per heavy atom. The van der Waals surface area contributed by atoms with E-state index in [4.69, 9.17) is 14.4 Å². The Hall–Kier alpha value is -7.10. The van der Waals surface area contributed by atoms with Gasteiger partial charge in [-0.15, -0.1) is 0 Å². The van der Waals surface area contributed by atoms with E-state index in [-0.39, 0.29) is 0 Å². The van der Waals surface area contributed by atoms with Crippen LogP contribution in [-0.2, 0) is 0 Å². The number of hydrogen-bond acceptors (Lipinski definition) is 3. The molecule has 2 heterocycles. The molecule has 0 saturated carbocycles. The molecule has 0 aliphatic heterocycles. The van der Waals surface area contributed by atoms with Gasteiger partial charge in [0, 0.05) is 21.9 Å². The van der Waals surface area contributed by atoms with Crippen molar-refractivity contribution in [1.82, 2.24) is 9.97 Å². The third-order valence-corrected chi connectivity index (χ3v) is 10.6. The molecule has 0 aliphatic carbocycles. The van der Waals surface area contributed by atoms with Crippen molar-refractivity contribution in [3.63, 3.8) is 0 Å². The Labute approximate surface area is 305 Å². The van der Waals surface area contributed by atoms with Crippen LogP contribution in [0.1, 0.15) is 0 Å². The van der Waals surface area contributed by atoms with Gasteiger partial charge in [-0.25, -0.2) is 9.97 Å². The minimum atomic E-state index is 0.674. The highest BCUT2D eigenvalue weighted by Crippen LogP contribution is 2.41. The molecule has 246 valence electrons. The third kappa shape index (κ3) is 4.75. The van der Waals surface area contributed by atoms with Gasteiger partial charge in [0.2, 0.25) is 0 Å². The molecule has 0 bridgehead atoms. The van der Waals surface area contributed by atoms with Gasteiger partial charge in [-0.1, -0.05) is 158 Å². The van der Waals surface area contributed by atoms with Crippen molar-refractivity contribution >= 4 is 65.2 Å². The van der Waals surface area contributed by atoms with E-state index in [2.05, 4.69) is 164 Å². The van der Waals surface area contributed by atoms with Gasteiger partial charge >= 0.3 is 0 Å². The molecule has 0 unspecified atom stereocenters. The average molecular weight is 675 g/mol. The fraction of sp³-hybridized carbons (Fsp3) is 0. The lowest BCUT2D eigenvalue weighted by Gasteiger charge is -2.13. The molecule has 0 fully saturated rings. The molecule has 0 saturated heterocycles. The second kappa shape index (κ2) is 11.7. The van der Waals surface area contributed by atoms with Crippen LogP contribution in [0, 0.1) is 0 Å². The molecular formula is C50H30N2O. The fourth-order valence-corrected chi connectivity index (χ4v) is 8.09. The van der Waals surface area contributed by atoms with Crippen molar-refractivity contribution in [1.29, 1.82) is 0 Å². The molecule has 3 nitrogen and oxygen atoms in total. The Balaban J connectivity index is 1.07. The minimum absolute atomic E-state index is 0.674. The summed E-state index contributed by atoms with van der Waals surface area (Å²) in [4.78, 5) is 10.3. The zero-order chi connectivity index (χ0) is 34.9. The molecule has 11 aromatic rings. The summed E-state index contributed by atoms with van der Waals surface area (Å²) in [5.41, 5.74) is 9.67. The largest absolute Gasteiger partial charge is 0.451 e. The lowest BCUT2D eigenvalue weighted by Crippen LogP contribution is -1.94. The third-order valence-electron chi connectivity index (χ3n) is 10.6. The summed E-state index contributed by atoms with van der Waals surface area (Å²) in [6.45, 7) is 0. The highest BCUT2D eigenvalue weighted by Gasteiger charge is 2.20. The summed E-state index contributed by atoms with van der Waals surface area (Å²) in [5, 5.41) is 10.9. The van der Waals surface area contributed by atoms with E-state index < -0.39 is 0 Å². The summed E-state index contributed by atoms with van der Waals surface area (Å²) < 4.78 is 6.73. The van der Waals surface area contributed by atoms with E-state index in [1.165, 1.54) is 43.4 Å². The highest BCUT2D eigenvalue weighted by atomic mass is 16.3. The smallest absolute Gasteiger partial charge is 0.180 e. The van der Waals surface area contributed by atoms with Crippen LogP contribution in [0.15, 0.2) is 186 Å². The summed E-state index contributed by atoms with van der Waals surface area (Å²) in [5.74, 6) is 0.674. The van der Waals surface area contributed by atoms with Crippen LogP contribution in [0.2, 0.25) is 0 Å². The predicted octanol–water partition coefficient (Wildman–Crippen LogP) is 13.7. The van der Waals surface area contributed by atoms with E-state index in [1.807, 2.05) is 18.2 Å². The molecular weight excluding hydrogens is 645 g/mol. The molecule has 0 atom stereocenters. The van der Waals surface area contributed by atoms with Gasteiger partial charge < -0.3 is 4.42 Å². The number of aromatic nitrogens is 2. The van der Waals surface area contributed by atoms with Gasteiger partial charge in [0.05, 0.1) is 0 Å². The fourth-order valence-electron chi connectivity index (χ4n) is 8.09. The maximum Gasteiger partial charge on any atom is 0.180 e. The second-order valence-corrected chi connectivity index (χ2v) is 13.7. The average Bonchev–Trinajstić information content (AvgIpc) is 3.63. The van der Waals surface area contributed by atoms with Crippen LogP contribution in [0.5, 0.6) is 0 Å². The van der Waals surface area contributed by atoms with Crippen LogP contribution >= 0.6 is 0 Å². The van der Waals surface area contributed by atoms with Crippen LogP contribution in [0.3, 0.4) is 0 Å². The first-order valence-corrected chi connectivity index (χ1v) is 18.0. The Bertz CT molecular complexity index is 3200. The molecule has 0 N–H and O–H groups in total. The quantitative estimate of drug-likeness (QED) is 0.174. The van der Waals surface area contributed by atoms with E-state index in [0.717, 1.165) is 55.2 Å². The Morgan fingerprint density at radius 3 is 1.51 bits per heavy atom. The van der Waals surface area contributed by atoms with Crippen LogP contribution in [0.25, 0.3) is 110 Å². The SMILES string of the molecule is c1ccc(-c2nc(-c3cccc(-c4cccc(-c5ccc6c7ccccc7c7ccccc7c6c5)c4)c3)c3oc4c5ccccc5ccc4c3n2)cc1. The van der Waals surface area contributed by atoms with E-state index in [1.54, 1.807) is 0 Å². The lowest BCUT2D eigenvalue weighted by molar-refractivity contribution is 0.671. The monoisotopic (exact) mass is 674 g/mol. The second-order valence-electron chi connectivity index (χ2n) is 13.7. The van der Waals surface area contributed by atoms with E-state index in [9.17, 15) is 0 Å². The van der Waals surface area contributed by atoms with Crippen LogP contribution < -0.4 is 0 Å². The van der Waals surface area contributed by atoms with Crippen molar-refractivity contribution in [2.45, 2.75) is 0 Å². The maximum atomic E-state index is 6.73. The van der Waals surface area contributed by atoms with E-state index >= 15 is 0 Å². The molecule has 53 heavy (non-hydrogen) atoms. The normalized spacial score (nSPS) is 11.8. The highest BCUT2D eigenvalue weighted by molar-refractivity contribution is 6.25. The van der Waals surface area contributed by atoms with Crippen molar-refractivity contribution in [3.05, 3.63) is 182 Å². The van der Waals surface area contributed by atoms with Gasteiger partial charge in [-0.3, -0.25) is 0 Å². The first-order chi connectivity index (χ1) is 26.3. The molecule has 9 aromatic carbocycles. The lowest BCUT2D eigenvalue weighted by atomic mass is 9.91. The molecule has 0 aliphatic rings. The minimum Gasteiger partial charge on any atom is -0.451 e. The Kier molecular flexibility index (Phi) is 6.55. The zero-order valence-electron chi connectivity index (χ0n) is 28.6. The summed E-state index contributed by atoms with van der Waals surface area (Å²) >= 11 is 0. The molecule has 11 rings (SSSR count). The van der Waals surface area contributed by atoms with Crippen LogP contribution in [-0.4, -0.2) is 9.97 Å². The molecule has 3 heteroatoms. The number of nitrogens with zero attached hydrogens (tertiary/aromatic N) is 2. The number of benzene rings is 9. The van der Waals surface area contributed by atoms with Crippen molar-refractivity contribution < 1.29 is 4.42 Å². The summed E-state index contributed by atoms with van der Waals surface area (Å²) in [6, 6.07) is 64.6. The first kappa shape index (κ1) is 29.6. The number of furan rings is 1. The predicted molar refractivity (Wildman–Crippen MR) is 221 cm³/mol. The summed E-state index contributed by atoms with van der Waals surface area (Å²) in [7, 11) is 0. The van der Waals surface area contributed by atoms with Gasteiger partial charge in [0.15, 0.2) is 11.4 Å². The Morgan fingerprint density at radius 1 is 0.302 bits per heavy atom. The molecule has 0 spiro atoms. The number of fused-ring (bicyclic) bond motifs is 11. The summed E-state index contributed by atoms with van der Waals surface area (Å²) in [6.07, 6.45) is 0. The van der Waals surface area contributed by atoms with Gasteiger partial charge in [0.1, 0.15) is 16.8 Å². The van der Waals surface area contributed by atoms with Gasteiger partial charge in [-0.2, -0.15) is 0 Å². The topological polar surface area (TPSA) is 38.9 Å². The van der Waals surface area contributed by atoms with Crippen molar-refractivity contribution in [2.75, 3.05) is 0 Å². The van der Waals surface area contributed by atoms with Crippen LogP contribution in [0.4, 0.5) is 0 Å². The molecule has 0 radical (unpaired) electrons. The first-order valence-electron chi connectivity index (χ1n) is 18.0. The zero-order valence-corrected chi connectivity index (χ0v) is 28.6. The van der Waals surface area contributed by atoms with Crippen molar-refractivity contribution in [3.8, 4) is 44.9 Å². The molecule has 0 amide bonds. The number of hydrogen-bond donors (Lipinski definition) is 0.